The van der Waals surface area contributed by atoms with Gasteiger partial charge in [0.25, 0.3) is 0 Å². The van der Waals surface area contributed by atoms with E-state index in [1.165, 1.54) is 0 Å². The molecule has 0 aromatic carbocycles. The lowest BCUT2D eigenvalue weighted by Gasteiger charge is -2.05. The molecule has 1 aromatic heterocycles. The fourth-order valence-electron chi connectivity index (χ4n) is 0.439. The van der Waals surface area contributed by atoms with Gasteiger partial charge in [-0.2, -0.15) is 0 Å². The monoisotopic (exact) mass is 214 g/mol. The highest BCUT2D eigenvalue weighted by atomic mass is 35.5. The number of nitrogens with zero attached hydrogens (tertiary/aromatic N) is 2. The summed E-state index contributed by atoms with van der Waals surface area (Å²) in [6.07, 6.45) is -2.97. The molecule has 0 unspecified atom stereocenters. The van der Waals surface area contributed by atoms with Crippen LogP contribution in [0.2, 0.25) is 5.28 Å². The van der Waals surface area contributed by atoms with Crippen molar-refractivity contribution in [2.45, 2.75) is 6.36 Å². The molecule has 0 fully saturated rings. The van der Waals surface area contributed by atoms with Gasteiger partial charge in [-0.3, -0.25) is 0 Å². The van der Waals surface area contributed by atoms with Crippen molar-refractivity contribution in [2.75, 3.05) is 0 Å². The van der Waals surface area contributed by atoms with Crippen LogP contribution in [0.25, 0.3) is 0 Å². The maximum atomic E-state index is 11.4. The summed E-state index contributed by atoms with van der Waals surface area (Å²) in [6.45, 7) is 0. The highest BCUT2D eigenvalue weighted by Crippen LogP contribution is 2.18. The van der Waals surface area contributed by atoms with E-state index in [1.54, 1.807) is 0 Å². The number of hydrogen-bond acceptors (Lipinski definition) is 4. The van der Waals surface area contributed by atoms with Gasteiger partial charge in [0.1, 0.15) is 0 Å². The van der Waals surface area contributed by atoms with Crippen LogP contribution in [0.5, 0.6) is 5.75 Å². The summed E-state index contributed by atoms with van der Waals surface area (Å²) in [5.74, 6) is -0.290. The summed E-state index contributed by atoms with van der Waals surface area (Å²) in [4.78, 5) is 13.6. The molecular weight excluding hydrogens is 213 g/mol. The Kier molecular flexibility index (Phi) is 2.89. The first-order valence-corrected chi connectivity index (χ1v) is 3.25. The molecule has 0 saturated carbocycles. The molecule has 1 heterocycles. The number of halogens is 4. The van der Waals surface area contributed by atoms with Crippen LogP contribution in [-0.2, 0) is 4.89 Å². The molecule has 0 amide bonds. The van der Waals surface area contributed by atoms with E-state index in [2.05, 4.69) is 19.7 Å². The lowest BCUT2D eigenvalue weighted by Crippen LogP contribution is -2.16. The number of hydrogen-bond donors (Lipinski definition) is 0. The van der Waals surface area contributed by atoms with E-state index in [-0.39, 0.29) is 11.0 Å². The van der Waals surface area contributed by atoms with Gasteiger partial charge in [-0.15, -0.1) is 13.2 Å². The zero-order valence-electron chi connectivity index (χ0n) is 5.88. The molecule has 0 spiro atoms. The van der Waals surface area contributed by atoms with E-state index in [9.17, 15) is 13.2 Å². The second-order valence-corrected chi connectivity index (χ2v) is 2.14. The Balaban J connectivity index is 2.51. The maximum absolute atomic E-state index is 11.4. The van der Waals surface area contributed by atoms with Gasteiger partial charge in [0.2, 0.25) is 11.0 Å². The van der Waals surface area contributed by atoms with Crippen LogP contribution in [0.15, 0.2) is 12.4 Å². The third-order valence-corrected chi connectivity index (χ3v) is 1.02. The second kappa shape index (κ2) is 3.75. The van der Waals surface area contributed by atoms with Gasteiger partial charge < -0.3 is 4.89 Å². The van der Waals surface area contributed by atoms with Gasteiger partial charge in [0.05, 0.1) is 12.4 Å². The molecule has 1 rings (SSSR count). The summed E-state index contributed by atoms with van der Waals surface area (Å²) in [5, 5.41) is -0.0978. The largest absolute Gasteiger partial charge is 0.558 e. The summed E-state index contributed by atoms with van der Waals surface area (Å²) in [7, 11) is 0. The quantitative estimate of drug-likeness (QED) is 0.429. The summed E-state index contributed by atoms with van der Waals surface area (Å²) in [5.41, 5.74) is 0. The normalized spacial score (nSPS) is 11.4. The SMILES string of the molecule is FC(F)(F)OOc1cnc(Cl)nc1. The van der Waals surface area contributed by atoms with Crippen LogP contribution in [0, 0.1) is 0 Å². The molecule has 4 nitrogen and oxygen atoms in total. The molecule has 0 bridgehead atoms. The van der Waals surface area contributed by atoms with E-state index in [0.717, 1.165) is 12.4 Å². The smallest absolute Gasteiger partial charge is 0.326 e. The van der Waals surface area contributed by atoms with Crippen molar-refractivity contribution >= 4 is 11.6 Å². The maximum Gasteiger partial charge on any atom is 0.558 e. The minimum Gasteiger partial charge on any atom is -0.326 e. The lowest BCUT2D eigenvalue weighted by molar-refractivity contribution is -0.445. The zero-order valence-corrected chi connectivity index (χ0v) is 6.63. The summed E-state index contributed by atoms with van der Waals surface area (Å²) < 4.78 is 34.2. The fraction of sp³-hybridized carbons (Fsp3) is 0.200. The molecule has 0 saturated heterocycles. The Morgan fingerprint density at radius 2 is 1.77 bits per heavy atom. The topological polar surface area (TPSA) is 44.2 Å². The zero-order chi connectivity index (χ0) is 9.90. The molecule has 72 valence electrons. The number of rotatable bonds is 2. The summed E-state index contributed by atoms with van der Waals surface area (Å²) >= 11 is 5.26. The van der Waals surface area contributed by atoms with Crippen molar-refractivity contribution < 1.29 is 22.9 Å². The van der Waals surface area contributed by atoms with Gasteiger partial charge in [-0.25, -0.2) is 9.97 Å². The van der Waals surface area contributed by atoms with Gasteiger partial charge in [-0.05, 0) is 11.6 Å². The van der Waals surface area contributed by atoms with Crippen molar-refractivity contribution in [2.24, 2.45) is 0 Å². The average molecular weight is 215 g/mol. The molecule has 8 heteroatoms. The summed E-state index contributed by atoms with van der Waals surface area (Å²) in [6, 6.07) is 0. The Bertz CT molecular complexity index is 276. The standard InChI is InChI=1S/C5H2ClF3N2O2/c6-4-10-1-3(2-11-4)12-13-5(7,8)9/h1-2H. The van der Waals surface area contributed by atoms with Crippen LogP contribution in [0.1, 0.15) is 0 Å². The predicted molar refractivity (Wildman–Crippen MR) is 34.8 cm³/mol. The van der Waals surface area contributed by atoms with Crippen molar-refractivity contribution in [3.63, 3.8) is 0 Å². The first-order chi connectivity index (χ1) is 5.97. The second-order valence-electron chi connectivity index (χ2n) is 1.80. The van der Waals surface area contributed by atoms with Gasteiger partial charge in [0.15, 0.2) is 0 Å². The van der Waals surface area contributed by atoms with Crippen LogP contribution < -0.4 is 4.89 Å². The third kappa shape index (κ3) is 3.90. The molecule has 0 aliphatic carbocycles. The molecule has 13 heavy (non-hydrogen) atoms. The number of alkyl halides is 3. The number of aromatic nitrogens is 2. The highest BCUT2D eigenvalue weighted by Gasteiger charge is 2.32. The Hall–Kier alpha value is -1.08. The van der Waals surface area contributed by atoms with Gasteiger partial charge in [0, 0.05) is 0 Å². The first kappa shape index (κ1) is 10.0. The molecular formula is C5H2ClF3N2O2. The van der Waals surface area contributed by atoms with Crippen molar-refractivity contribution in [1.29, 1.82) is 0 Å². The molecule has 0 aliphatic rings. The van der Waals surface area contributed by atoms with E-state index in [1.807, 2.05) is 0 Å². The van der Waals surface area contributed by atoms with E-state index in [4.69, 9.17) is 11.6 Å². The van der Waals surface area contributed by atoms with E-state index in [0.29, 0.717) is 0 Å². The van der Waals surface area contributed by atoms with Gasteiger partial charge in [-0.1, -0.05) is 4.89 Å². The Morgan fingerprint density at radius 1 is 1.23 bits per heavy atom. The minimum atomic E-state index is -4.86. The van der Waals surface area contributed by atoms with Crippen molar-refractivity contribution in [3.05, 3.63) is 17.7 Å². The van der Waals surface area contributed by atoms with Crippen molar-refractivity contribution in [1.82, 2.24) is 9.97 Å². The predicted octanol–water partition coefficient (Wildman–Crippen LogP) is 1.96. The molecule has 0 aliphatic heterocycles. The van der Waals surface area contributed by atoms with Crippen LogP contribution >= 0.6 is 11.6 Å². The molecule has 0 N–H and O–H groups in total. The molecule has 1 aromatic rings. The third-order valence-electron chi connectivity index (χ3n) is 0.829. The van der Waals surface area contributed by atoms with Gasteiger partial charge >= 0.3 is 6.36 Å². The van der Waals surface area contributed by atoms with E-state index >= 15 is 0 Å². The average Bonchev–Trinajstić information content (AvgIpc) is 2.02. The van der Waals surface area contributed by atoms with Crippen molar-refractivity contribution in [3.8, 4) is 5.75 Å². The van der Waals surface area contributed by atoms with Crippen LogP contribution in [0.4, 0.5) is 13.2 Å². The molecule has 0 atom stereocenters. The Morgan fingerprint density at radius 3 is 2.23 bits per heavy atom. The lowest BCUT2D eigenvalue weighted by atomic mass is 10.6. The molecule has 0 radical (unpaired) electrons. The Labute approximate surface area is 75.2 Å². The highest BCUT2D eigenvalue weighted by molar-refractivity contribution is 6.28. The first-order valence-electron chi connectivity index (χ1n) is 2.87. The fourth-order valence-corrected chi connectivity index (χ4v) is 0.536. The van der Waals surface area contributed by atoms with Crippen LogP contribution in [-0.4, -0.2) is 16.3 Å². The minimum absolute atomic E-state index is 0.0978. The van der Waals surface area contributed by atoms with Crippen LogP contribution in [0.3, 0.4) is 0 Å². The van der Waals surface area contributed by atoms with E-state index < -0.39 is 6.36 Å².